The third-order valence-electron chi connectivity index (χ3n) is 3.60. The summed E-state index contributed by atoms with van der Waals surface area (Å²) >= 11 is 18.1. The molecule has 0 radical (unpaired) electrons. The number of hydrogen-bond acceptors (Lipinski definition) is 7. The number of methoxy groups -OCH3 is 1. The smallest absolute Gasteiger partial charge is 0.353 e. The van der Waals surface area contributed by atoms with Crippen LogP contribution in [0.5, 0.6) is 5.75 Å². The molecule has 1 aromatic heterocycles. The fraction of sp³-hybridized carbons (Fsp3) is 0.0588. The van der Waals surface area contributed by atoms with Crippen molar-refractivity contribution < 1.29 is 9.66 Å². The van der Waals surface area contributed by atoms with Gasteiger partial charge in [0, 0.05) is 10.0 Å². The van der Waals surface area contributed by atoms with Crippen molar-refractivity contribution in [2.24, 2.45) is 0 Å². The number of nitro groups is 1. The van der Waals surface area contributed by atoms with Gasteiger partial charge in [-0.25, -0.2) is 9.97 Å². The SMILES string of the molecule is COc1ccc(Cl)cc1Nc1ncnc(Nc2cc(Cl)ccc2Cl)c1[N+](=O)[O-]. The van der Waals surface area contributed by atoms with Gasteiger partial charge in [0.15, 0.2) is 0 Å². The maximum absolute atomic E-state index is 11.7. The Labute approximate surface area is 174 Å². The van der Waals surface area contributed by atoms with Crippen molar-refractivity contribution in [3.63, 3.8) is 0 Å². The lowest BCUT2D eigenvalue weighted by Gasteiger charge is -2.13. The number of anilines is 4. The molecular formula is C17H12Cl3N5O3. The first-order valence-corrected chi connectivity index (χ1v) is 8.84. The Bertz CT molecular complexity index is 1050. The highest BCUT2D eigenvalue weighted by molar-refractivity contribution is 6.35. The van der Waals surface area contributed by atoms with Crippen LogP contribution in [0.2, 0.25) is 15.1 Å². The maximum Gasteiger partial charge on any atom is 0.353 e. The summed E-state index contributed by atoms with van der Waals surface area (Å²) in [5.41, 5.74) is 0.381. The van der Waals surface area contributed by atoms with Crippen LogP contribution < -0.4 is 15.4 Å². The summed E-state index contributed by atoms with van der Waals surface area (Å²) in [5, 5.41) is 18.6. The standard InChI is InChI=1S/C17H12Cl3N5O3/c1-28-14-5-3-10(19)7-13(14)24-17-15(25(26)27)16(21-8-22-17)23-12-6-9(18)2-4-11(12)20/h2-8H,1H3,(H2,21,22,23,24). The van der Waals surface area contributed by atoms with Gasteiger partial charge in [-0.2, -0.15) is 0 Å². The fourth-order valence-corrected chi connectivity index (χ4v) is 2.87. The Morgan fingerprint density at radius 2 is 1.54 bits per heavy atom. The van der Waals surface area contributed by atoms with Crippen molar-refractivity contribution in [1.29, 1.82) is 0 Å². The predicted octanol–water partition coefficient (Wildman–Crippen LogP) is 5.84. The van der Waals surface area contributed by atoms with Crippen molar-refractivity contribution in [3.05, 3.63) is 67.9 Å². The Balaban J connectivity index is 2.04. The lowest BCUT2D eigenvalue weighted by molar-refractivity contribution is -0.383. The highest BCUT2D eigenvalue weighted by Crippen LogP contribution is 2.37. The van der Waals surface area contributed by atoms with Crippen LogP contribution in [0.25, 0.3) is 0 Å². The molecule has 28 heavy (non-hydrogen) atoms. The third kappa shape index (κ3) is 4.36. The molecule has 0 spiro atoms. The summed E-state index contributed by atoms with van der Waals surface area (Å²) in [6, 6.07) is 9.52. The van der Waals surface area contributed by atoms with Gasteiger partial charge in [0.1, 0.15) is 12.1 Å². The Hall–Kier alpha value is -2.81. The molecule has 0 fully saturated rings. The number of aromatic nitrogens is 2. The zero-order valence-electron chi connectivity index (χ0n) is 14.2. The molecule has 0 aliphatic rings. The number of ether oxygens (including phenoxy) is 1. The van der Waals surface area contributed by atoms with Crippen molar-refractivity contribution in [1.82, 2.24) is 9.97 Å². The zero-order chi connectivity index (χ0) is 20.3. The highest BCUT2D eigenvalue weighted by atomic mass is 35.5. The summed E-state index contributed by atoms with van der Waals surface area (Å²) in [7, 11) is 1.47. The van der Waals surface area contributed by atoms with Gasteiger partial charge in [-0.05, 0) is 36.4 Å². The molecule has 0 bridgehead atoms. The summed E-state index contributed by atoms with van der Waals surface area (Å²) in [4.78, 5) is 19.1. The summed E-state index contributed by atoms with van der Waals surface area (Å²) in [5.74, 6) is 0.318. The molecule has 2 aromatic carbocycles. The van der Waals surface area contributed by atoms with E-state index in [0.717, 1.165) is 0 Å². The van der Waals surface area contributed by atoms with E-state index in [1.54, 1.807) is 30.3 Å². The van der Waals surface area contributed by atoms with Crippen LogP contribution in [0, 0.1) is 10.1 Å². The number of benzene rings is 2. The average Bonchev–Trinajstić information content (AvgIpc) is 2.65. The normalized spacial score (nSPS) is 10.4. The molecular weight excluding hydrogens is 429 g/mol. The molecule has 0 aliphatic carbocycles. The Kier molecular flexibility index (Phi) is 6.03. The van der Waals surface area contributed by atoms with Crippen LogP contribution >= 0.6 is 34.8 Å². The summed E-state index contributed by atoms with van der Waals surface area (Å²) in [6.07, 6.45) is 1.17. The first kappa shape index (κ1) is 19.9. The number of rotatable bonds is 6. The van der Waals surface area contributed by atoms with Gasteiger partial charge in [0.05, 0.1) is 28.4 Å². The molecule has 11 heteroatoms. The minimum absolute atomic E-state index is 0.0544. The van der Waals surface area contributed by atoms with E-state index in [2.05, 4.69) is 20.6 Å². The zero-order valence-corrected chi connectivity index (χ0v) is 16.5. The summed E-state index contributed by atoms with van der Waals surface area (Å²) < 4.78 is 5.25. The molecule has 0 saturated heterocycles. The quantitative estimate of drug-likeness (QED) is 0.366. The molecule has 0 atom stereocenters. The number of halogens is 3. The molecule has 8 nitrogen and oxygen atoms in total. The van der Waals surface area contributed by atoms with Crippen LogP contribution in [0.3, 0.4) is 0 Å². The molecule has 0 saturated carbocycles. The molecule has 3 aromatic rings. The van der Waals surface area contributed by atoms with Gasteiger partial charge in [-0.3, -0.25) is 10.1 Å². The molecule has 2 N–H and O–H groups in total. The van der Waals surface area contributed by atoms with E-state index in [-0.39, 0.29) is 17.3 Å². The van der Waals surface area contributed by atoms with Crippen LogP contribution in [0.15, 0.2) is 42.7 Å². The molecule has 3 rings (SSSR count). The van der Waals surface area contributed by atoms with E-state index in [4.69, 9.17) is 39.5 Å². The van der Waals surface area contributed by atoms with Crippen LogP contribution in [0.1, 0.15) is 0 Å². The minimum atomic E-state index is -0.611. The lowest BCUT2D eigenvalue weighted by atomic mass is 10.2. The van der Waals surface area contributed by atoms with E-state index in [1.165, 1.54) is 19.5 Å². The fourth-order valence-electron chi connectivity index (χ4n) is 2.36. The van der Waals surface area contributed by atoms with E-state index in [0.29, 0.717) is 32.2 Å². The highest BCUT2D eigenvalue weighted by Gasteiger charge is 2.24. The van der Waals surface area contributed by atoms with Crippen molar-refractivity contribution >= 4 is 63.5 Å². The van der Waals surface area contributed by atoms with Crippen LogP contribution in [-0.4, -0.2) is 22.0 Å². The lowest BCUT2D eigenvalue weighted by Crippen LogP contribution is -2.06. The van der Waals surface area contributed by atoms with E-state index in [9.17, 15) is 10.1 Å². The number of hydrogen-bond donors (Lipinski definition) is 2. The van der Waals surface area contributed by atoms with E-state index < -0.39 is 4.92 Å². The largest absolute Gasteiger partial charge is 0.495 e. The molecule has 0 unspecified atom stereocenters. The second-order valence-electron chi connectivity index (χ2n) is 5.40. The minimum Gasteiger partial charge on any atom is -0.495 e. The average molecular weight is 441 g/mol. The molecule has 1 heterocycles. The van der Waals surface area contributed by atoms with Gasteiger partial charge < -0.3 is 15.4 Å². The molecule has 144 valence electrons. The van der Waals surface area contributed by atoms with Gasteiger partial charge in [0.2, 0.25) is 11.6 Å². The van der Waals surface area contributed by atoms with Crippen LogP contribution in [0.4, 0.5) is 28.7 Å². The predicted molar refractivity (Wildman–Crippen MR) is 110 cm³/mol. The van der Waals surface area contributed by atoms with Crippen molar-refractivity contribution in [2.75, 3.05) is 17.7 Å². The third-order valence-corrected chi connectivity index (χ3v) is 4.40. The second-order valence-corrected chi connectivity index (χ2v) is 6.68. The molecule has 0 amide bonds. The Morgan fingerprint density at radius 1 is 0.964 bits per heavy atom. The summed E-state index contributed by atoms with van der Waals surface area (Å²) in [6.45, 7) is 0. The number of nitrogens with one attached hydrogen (secondary N) is 2. The van der Waals surface area contributed by atoms with Crippen molar-refractivity contribution in [2.45, 2.75) is 0 Å². The van der Waals surface area contributed by atoms with Gasteiger partial charge in [-0.1, -0.05) is 34.8 Å². The van der Waals surface area contributed by atoms with E-state index >= 15 is 0 Å². The maximum atomic E-state index is 11.7. The second kappa shape index (κ2) is 8.47. The van der Waals surface area contributed by atoms with Crippen molar-refractivity contribution in [3.8, 4) is 5.75 Å². The number of nitrogens with zero attached hydrogens (tertiary/aromatic N) is 3. The first-order valence-electron chi connectivity index (χ1n) is 7.71. The Morgan fingerprint density at radius 3 is 2.14 bits per heavy atom. The molecule has 0 aliphatic heterocycles. The van der Waals surface area contributed by atoms with Crippen LogP contribution in [-0.2, 0) is 0 Å². The van der Waals surface area contributed by atoms with Gasteiger partial charge in [-0.15, -0.1) is 0 Å². The van der Waals surface area contributed by atoms with E-state index in [1.807, 2.05) is 0 Å². The first-order chi connectivity index (χ1) is 13.4. The topological polar surface area (TPSA) is 102 Å². The van der Waals surface area contributed by atoms with Gasteiger partial charge >= 0.3 is 5.69 Å². The monoisotopic (exact) mass is 439 g/mol. The van der Waals surface area contributed by atoms with Gasteiger partial charge in [0.25, 0.3) is 0 Å².